The maximum Gasteiger partial charge on any atom is 0.433 e. The van der Waals surface area contributed by atoms with Crippen LogP contribution in [0.3, 0.4) is 0 Å². The first kappa shape index (κ1) is 51.6. The number of fused-ring (bicyclic) bond motifs is 6. The number of piperidine rings is 2. The summed E-state index contributed by atoms with van der Waals surface area (Å²) in [5, 5.41) is 5.54. The molecule has 12 rings (SSSR count). The Morgan fingerprint density at radius 2 is 1.67 bits per heavy atom. The number of aromatic nitrogens is 1. The molecule has 2 spiro atoms. The topological polar surface area (TPSA) is 135 Å². The van der Waals surface area contributed by atoms with Gasteiger partial charge in [0.15, 0.2) is 0 Å². The highest BCUT2D eigenvalue weighted by atomic mass is 35.5. The van der Waals surface area contributed by atoms with Crippen molar-refractivity contribution in [3.8, 4) is 11.8 Å². The van der Waals surface area contributed by atoms with Crippen molar-refractivity contribution in [1.82, 2.24) is 29.9 Å². The third kappa shape index (κ3) is 8.34. The molecule has 1 aromatic heterocycles. The van der Waals surface area contributed by atoms with Gasteiger partial charge in [-0.25, -0.2) is 4.39 Å². The average molecular weight is 1050 g/mol. The molecule has 398 valence electrons. The van der Waals surface area contributed by atoms with Crippen LogP contribution in [0.2, 0.25) is 5.02 Å². The van der Waals surface area contributed by atoms with Crippen LogP contribution in [0.15, 0.2) is 48.7 Å². The van der Waals surface area contributed by atoms with Crippen molar-refractivity contribution in [2.24, 2.45) is 22.2 Å². The van der Waals surface area contributed by atoms with E-state index in [2.05, 4.69) is 58.0 Å². The van der Waals surface area contributed by atoms with E-state index in [0.29, 0.717) is 75.6 Å². The molecule has 7 fully saturated rings. The maximum absolute atomic E-state index is 16.8. The van der Waals surface area contributed by atoms with Crippen LogP contribution in [0.5, 0.6) is 0 Å². The van der Waals surface area contributed by atoms with E-state index in [-0.39, 0.29) is 82.2 Å². The molecule has 2 bridgehead atoms. The fourth-order valence-corrected chi connectivity index (χ4v) is 15.4. The number of nitrogens with zero attached hydrogens (tertiary/aromatic N) is 5. The van der Waals surface area contributed by atoms with E-state index in [0.717, 1.165) is 36.5 Å². The Labute approximate surface area is 441 Å². The zero-order valence-electron chi connectivity index (χ0n) is 43.6. The number of carbonyl (C=O) groups excluding carboxylic acids is 5. The molecule has 5 aliphatic heterocycles. The molecule has 2 N–H and O–H groups in total. The second kappa shape index (κ2) is 18.0. The molecule has 2 aromatic carbocycles. The lowest BCUT2D eigenvalue weighted by atomic mass is 9.55. The summed E-state index contributed by atoms with van der Waals surface area (Å²) in [6, 6.07) is 9.03. The van der Waals surface area contributed by atoms with E-state index in [1.165, 1.54) is 12.3 Å². The Bertz CT molecular complexity index is 2950. The summed E-state index contributed by atoms with van der Waals surface area (Å²) in [5.74, 6) is 4.59. The number of alkyl halides is 3. The van der Waals surface area contributed by atoms with E-state index < -0.39 is 64.0 Å². The number of halogens is 5. The Morgan fingerprint density at radius 3 is 2.32 bits per heavy atom. The van der Waals surface area contributed by atoms with Crippen LogP contribution in [-0.2, 0) is 37.3 Å². The van der Waals surface area contributed by atoms with Gasteiger partial charge in [0.2, 0.25) is 23.6 Å². The standard InChI is InChI=1S/C58H66ClF4N7O5/c1-33(2)70(51(74)48-46(37-11-8-12-40(59)47(37)60)57(44(67(48)6)29-53(3,4)5)32-65-41-27-43(58(61,62)63)64-30-39(41)57)56-20-17-54(18-21-56,19-22-56)52(75)68-25-23-55(24-26-68)28-35(55)14-13-34-9-7-10-36-38(34)31-69(50(36)73)42-15-16-45(71)66-49(42)72/h7-12,27,30,33,35,42,44,46,48,65H,15-26,28-29,31-32H2,1-6H3,(H,66,71,72)/t35-,42?,44-,46-,48+,54?,56?,57-/m0/s1. The maximum atomic E-state index is 16.8. The number of likely N-dealkylation sites (tertiary alicyclic amines) is 2. The molecule has 6 atom stereocenters. The Morgan fingerprint density at radius 1 is 0.973 bits per heavy atom. The molecule has 3 saturated heterocycles. The lowest BCUT2D eigenvalue weighted by Gasteiger charge is -2.59. The molecule has 17 heteroatoms. The normalized spacial score (nSPS) is 30.8. The third-order valence-corrected chi connectivity index (χ3v) is 19.5. The van der Waals surface area contributed by atoms with Gasteiger partial charge in [0, 0.05) is 101 Å². The van der Waals surface area contributed by atoms with Crippen molar-refractivity contribution in [3.05, 3.63) is 93.0 Å². The van der Waals surface area contributed by atoms with E-state index in [1.54, 1.807) is 23.1 Å². The monoisotopic (exact) mass is 1050 g/mol. The van der Waals surface area contributed by atoms with E-state index in [4.69, 9.17) is 11.6 Å². The molecule has 4 aliphatic carbocycles. The van der Waals surface area contributed by atoms with Crippen molar-refractivity contribution in [3.63, 3.8) is 0 Å². The molecule has 0 radical (unpaired) electrons. The summed E-state index contributed by atoms with van der Waals surface area (Å²) in [7, 11) is 1.90. The quantitative estimate of drug-likeness (QED) is 0.136. The minimum atomic E-state index is -4.68. The molecule has 4 saturated carbocycles. The Hall–Kier alpha value is -5.53. The van der Waals surface area contributed by atoms with Gasteiger partial charge in [0.25, 0.3) is 5.91 Å². The first-order chi connectivity index (χ1) is 35.4. The number of hydrogen-bond acceptors (Lipinski definition) is 8. The van der Waals surface area contributed by atoms with Crippen LogP contribution in [0.4, 0.5) is 23.2 Å². The lowest BCUT2D eigenvalue weighted by Crippen LogP contribution is -2.65. The lowest BCUT2D eigenvalue weighted by molar-refractivity contribution is -0.164. The summed E-state index contributed by atoms with van der Waals surface area (Å²) in [4.78, 5) is 80.4. The van der Waals surface area contributed by atoms with Gasteiger partial charge in [-0.1, -0.05) is 62.4 Å². The summed E-state index contributed by atoms with van der Waals surface area (Å²) in [6.07, 6.45) is 4.09. The van der Waals surface area contributed by atoms with Gasteiger partial charge in [-0.05, 0) is 138 Å². The number of benzene rings is 2. The highest BCUT2D eigenvalue weighted by molar-refractivity contribution is 6.30. The summed E-state index contributed by atoms with van der Waals surface area (Å²) in [6.45, 7) is 12.0. The van der Waals surface area contributed by atoms with Crippen LogP contribution in [-0.4, -0.2) is 111 Å². The van der Waals surface area contributed by atoms with Gasteiger partial charge < -0.3 is 20.0 Å². The molecule has 12 nitrogen and oxygen atoms in total. The van der Waals surface area contributed by atoms with Crippen LogP contribution in [0.25, 0.3) is 0 Å². The van der Waals surface area contributed by atoms with Gasteiger partial charge in [0.1, 0.15) is 17.6 Å². The first-order valence-electron chi connectivity index (χ1n) is 26.8. The fourth-order valence-electron chi connectivity index (χ4n) is 15.2. The highest BCUT2D eigenvalue weighted by Gasteiger charge is 2.67. The predicted octanol–water partition coefficient (Wildman–Crippen LogP) is 9.23. The zero-order valence-corrected chi connectivity index (χ0v) is 44.3. The van der Waals surface area contributed by atoms with Gasteiger partial charge in [-0.2, -0.15) is 13.2 Å². The van der Waals surface area contributed by atoms with Crippen molar-refractivity contribution in [2.75, 3.05) is 32.0 Å². The minimum absolute atomic E-state index is 0.0310. The average Bonchev–Trinajstić information content (AvgIpc) is 3.60. The summed E-state index contributed by atoms with van der Waals surface area (Å²) < 4.78 is 59.2. The van der Waals surface area contributed by atoms with Crippen LogP contribution >= 0.6 is 11.6 Å². The van der Waals surface area contributed by atoms with Gasteiger partial charge in [-0.15, -0.1) is 0 Å². The van der Waals surface area contributed by atoms with Crippen molar-refractivity contribution >= 4 is 46.8 Å². The van der Waals surface area contributed by atoms with Crippen LogP contribution in [0.1, 0.15) is 156 Å². The number of pyridine rings is 1. The molecular formula is C58H66ClF4N7O5. The number of nitrogens with one attached hydrogen (secondary N) is 2. The molecule has 75 heavy (non-hydrogen) atoms. The van der Waals surface area contributed by atoms with E-state index >= 15 is 9.18 Å². The largest absolute Gasteiger partial charge is 0.433 e. The van der Waals surface area contributed by atoms with Crippen molar-refractivity contribution < 1.29 is 41.5 Å². The predicted molar refractivity (Wildman–Crippen MR) is 274 cm³/mol. The SMILES string of the molecule is CC(C)N(C(=O)[C@H]1[C@H](c2cccc(Cl)c2F)[C@]2(CNc3cc(C(F)(F)F)ncc32)[C@H](CC(C)(C)C)N1C)C12CCC(C(=O)N3CCC4(CC3)C[C@@H]4C#Cc3cccc4c3CN(C3CCC(=O)NC3=O)C4=O)(CC1)CC2. The molecule has 5 amide bonds. The molecular weight excluding hydrogens is 986 g/mol. The number of anilines is 1. The summed E-state index contributed by atoms with van der Waals surface area (Å²) >= 11 is 6.55. The number of rotatable bonds is 7. The van der Waals surface area contributed by atoms with Crippen LogP contribution < -0.4 is 10.6 Å². The number of likely N-dealkylation sites (N-methyl/N-ethyl adjacent to an activating group) is 1. The smallest absolute Gasteiger partial charge is 0.384 e. The minimum Gasteiger partial charge on any atom is -0.384 e. The second-order valence-electron chi connectivity index (χ2n) is 24.7. The van der Waals surface area contributed by atoms with Crippen LogP contribution in [0, 0.1) is 39.8 Å². The van der Waals surface area contributed by atoms with E-state index in [9.17, 15) is 32.3 Å². The van der Waals surface area contributed by atoms with Gasteiger partial charge in [-0.3, -0.25) is 39.2 Å². The number of carbonyl (C=O) groups is 5. The highest BCUT2D eigenvalue weighted by Crippen LogP contribution is 2.63. The first-order valence-corrected chi connectivity index (χ1v) is 27.2. The fraction of sp³-hybridized carbons (Fsp3) is 0.586. The Kier molecular flexibility index (Phi) is 12.4. The summed E-state index contributed by atoms with van der Waals surface area (Å²) in [5.41, 5.74) is -0.326. The number of amides is 5. The molecule has 6 heterocycles. The molecule has 1 unspecified atom stereocenters. The molecule has 9 aliphatic rings. The van der Waals surface area contributed by atoms with Gasteiger partial charge >= 0.3 is 6.18 Å². The van der Waals surface area contributed by atoms with Gasteiger partial charge in [0.05, 0.1) is 11.1 Å². The van der Waals surface area contributed by atoms with Crippen molar-refractivity contribution in [2.45, 2.75) is 165 Å². The second-order valence-corrected chi connectivity index (χ2v) is 25.1. The zero-order chi connectivity index (χ0) is 53.4. The number of hydrogen-bond donors (Lipinski definition) is 2. The number of imide groups is 1. The van der Waals surface area contributed by atoms with Crippen molar-refractivity contribution in [1.29, 1.82) is 0 Å². The molecule has 3 aromatic rings. The Balaban J connectivity index is 0.803. The van der Waals surface area contributed by atoms with E-state index in [1.807, 2.05) is 37.9 Å². The third-order valence-electron chi connectivity index (χ3n) is 19.2.